The summed E-state index contributed by atoms with van der Waals surface area (Å²) in [6.07, 6.45) is 3.42. The van der Waals surface area contributed by atoms with Crippen LogP contribution in [0, 0.1) is 5.82 Å². The first-order valence-electron chi connectivity index (χ1n) is 13.1. The highest BCUT2D eigenvalue weighted by molar-refractivity contribution is 7.91. The molecule has 0 radical (unpaired) electrons. The van der Waals surface area contributed by atoms with E-state index in [1.165, 1.54) is 29.6 Å². The maximum atomic E-state index is 15.6. The zero-order valence-corrected chi connectivity index (χ0v) is 25.5. The van der Waals surface area contributed by atoms with Crippen LogP contribution in [-0.4, -0.2) is 48.2 Å². The molecule has 0 fully saturated rings. The van der Waals surface area contributed by atoms with Crippen LogP contribution in [0.5, 0.6) is 5.75 Å². The number of halogens is 1. The Morgan fingerprint density at radius 1 is 1.18 bits per heavy atom. The molecule has 2 aromatic carbocycles. The normalized spacial score (nSPS) is 15.5. The molecule has 0 aliphatic heterocycles. The van der Waals surface area contributed by atoms with Crippen LogP contribution in [-0.2, 0) is 38.2 Å². The minimum absolute atomic E-state index is 0.0527. The summed E-state index contributed by atoms with van der Waals surface area (Å²) < 4.78 is 72.8. The number of unbranched alkanes of at least 4 members (excludes halogenated alkanes) is 1. The van der Waals surface area contributed by atoms with Crippen molar-refractivity contribution in [3.05, 3.63) is 78.1 Å². The van der Waals surface area contributed by atoms with Crippen LogP contribution in [0.15, 0.2) is 61.2 Å². The van der Waals surface area contributed by atoms with Crippen LogP contribution in [0.25, 0.3) is 0 Å². The highest BCUT2D eigenvalue weighted by Crippen LogP contribution is 2.40. The van der Waals surface area contributed by atoms with Crippen LogP contribution < -0.4 is 9.46 Å². The second kappa shape index (κ2) is 14.6. The molecule has 0 aliphatic carbocycles. The summed E-state index contributed by atoms with van der Waals surface area (Å²) in [5.41, 5.74) is -2.45. The molecule has 0 spiro atoms. The number of rotatable bonds is 16. The van der Waals surface area contributed by atoms with Crippen molar-refractivity contribution in [2.24, 2.45) is 0 Å². The second-order valence-electron chi connectivity index (χ2n) is 10.5. The van der Waals surface area contributed by atoms with Gasteiger partial charge in [0.15, 0.2) is 5.44 Å². The number of hydrogen-bond acceptors (Lipinski definition) is 6. The van der Waals surface area contributed by atoms with Crippen LogP contribution in [0.3, 0.4) is 0 Å². The van der Waals surface area contributed by atoms with Gasteiger partial charge in [0, 0.05) is 37.1 Å². The molecule has 1 N–H and O–H groups in total. The van der Waals surface area contributed by atoms with Gasteiger partial charge in [0.1, 0.15) is 21.9 Å². The van der Waals surface area contributed by atoms with E-state index in [0.29, 0.717) is 18.6 Å². The van der Waals surface area contributed by atoms with E-state index in [4.69, 9.17) is 9.47 Å². The topological polar surface area (TPSA) is 90.9 Å². The molecular formula is C29H43FN2O5S2. The lowest BCUT2D eigenvalue weighted by atomic mass is 9.86. The van der Waals surface area contributed by atoms with E-state index in [1.54, 1.807) is 64.3 Å². The molecule has 0 heterocycles. The van der Waals surface area contributed by atoms with Gasteiger partial charge in [-0.25, -0.2) is 12.8 Å². The third-order valence-electron chi connectivity index (χ3n) is 6.37. The van der Waals surface area contributed by atoms with Crippen LogP contribution in [0.1, 0.15) is 64.5 Å². The lowest BCUT2D eigenvalue weighted by molar-refractivity contribution is 0.0328. The van der Waals surface area contributed by atoms with Gasteiger partial charge in [0.05, 0.1) is 7.11 Å². The predicted octanol–water partition coefficient (Wildman–Crippen LogP) is 5.65. The van der Waals surface area contributed by atoms with Gasteiger partial charge in [-0.3, -0.25) is 0 Å². The second-order valence-corrected chi connectivity index (χ2v) is 14.5. The number of ether oxygens (including phenoxy) is 2. The quantitative estimate of drug-likeness (QED) is 0.156. The van der Waals surface area contributed by atoms with Crippen molar-refractivity contribution in [3.63, 3.8) is 0 Å². The van der Waals surface area contributed by atoms with E-state index in [1.807, 2.05) is 6.92 Å². The van der Waals surface area contributed by atoms with Gasteiger partial charge in [-0.05, 0) is 63.8 Å². The summed E-state index contributed by atoms with van der Waals surface area (Å²) in [5, 5.41) is 0. The predicted molar refractivity (Wildman–Crippen MR) is 157 cm³/mol. The molecule has 0 aliphatic rings. The number of methoxy groups -OCH3 is 1. The standard InChI is InChI=1S/C29H43FN2O5S2/c1-8-10-20-29(31-38(33)28(3,4)5,25-14-12-13-15-26(25)30)27(37-21-11-9-2)39(34,35)32(6)22-23-16-18-24(36-7)19-17-23/h8,12-19,27,31H,1,9-11,20-22H2,2-7H3/t27?,29-,38?/m1/s1. The van der Waals surface area contributed by atoms with E-state index >= 15 is 4.39 Å². The molecule has 10 heteroatoms. The third kappa shape index (κ3) is 8.52. The summed E-state index contributed by atoms with van der Waals surface area (Å²) in [7, 11) is -1.23. The van der Waals surface area contributed by atoms with Gasteiger partial charge in [-0.2, -0.15) is 4.31 Å². The van der Waals surface area contributed by atoms with Crippen molar-refractivity contribution in [3.8, 4) is 5.75 Å². The summed E-state index contributed by atoms with van der Waals surface area (Å²) in [4.78, 5) is 0. The lowest BCUT2D eigenvalue weighted by Gasteiger charge is -2.43. The van der Waals surface area contributed by atoms with Gasteiger partial charge >= 0.3 is 0 Å². The Kier molecular flexibility index (Phi) is 12.5. The molecular weight excluding hydrogens is 539 g/mol. The molecule has 0 amide bonds. The molecule has 0 bridgehead atoms. The van der Waals surface area contributed by atoms with Crippen molar-refractivity contribution in [2.45, 2.75) is 75.6 Å². The zero-order valence-electron chi connectivity index (χ0n) is 23.9. The average molecular weight is 583 g/mol. The minimum Gasteiger partial charge on any atom is -0.598 e. The van der Waals surface area contributed by atoms with E-state index in [9.17, 15) is 13.0 Å². The van der Waals surface area contributed by atoms with Crippen molar-refractivity contribution >= 4 is 21.4 Å². The number of nitrogens with one attached hydrogen (secondary N) is 1. The van der Waals surface area contributed by atoms with Gasteiger partial charge < -0.3 is 14.0 Å². The number of benzene rings is 2. The number of nitrogens with zero attached hydrogens (tertiary/aromatic N) is 1. The lowest BCUT2D eigenvalue weighted by Crippen LogP contribution is -2.62. The molecule has 0 saturated heterocycles. The van der Waals surface area contributed by atoms with Gasteiger partial charge in [-0.15, -0.1) is 11.3 Å². The Balaban J connectivity index is 2.73. The van der Waals surface area contributed by atoms with E-state index in [0.717, 1.165) is 12.0 Å². The fourth-order valence-corrected chi connectivity index (χ4v) is 6.83. The fraction of sp³-hybridized carbons (Fsp3) is 0.517. The number of hydrogen-bond donors (Lipinski definition) is 1. The van der Waals surface area contributed by atoms with Crippen LogP contribution in [0.4, 0.5) is 4.39 Å². The molecule has 218 valence electrons. The summed E-state index contributed by atoms with van der Waals surface area (Å²) in [6.45, 7) is 11.3. The van der Waals surface area contributed by atoms with Crippen molar-refractivity contribution in [2.75, 3.05) is 20.8 Å². The monoisotopic (exact) mass is 582 g/mol. The van der Waals surface area contributed by atoms with E-state index < -0.39 is 42.9 Å². The van der Waals surface area contributed by atoms with E-state index in [-0.39, 0.29) is 25.1 Å². The first-order valence-corrected chi connectivity index (χ1v) is 15.7. The van der Waals surface area contributed by atoms with Crippen LogP contribution >= 0.6 is 0 Å². The van der Waals surface area contributed by atoms with Gasteiger partial charge in [0.2, 0.25) is 10.0 Å². The minimum atomic E-state index is -4.26. The summed E-state index contributed by atoms with van der Waals surface area (Å²) in [5.74, 6) is 0.0407. The average Bonchev–Trinajstić information content (AvgIpc) is 2.89. The molecule has 2 aromatic rings. The Hall–Kier alpha value is -1.95. The molecule has 7 nitrogen and oxygen atoms in total. The maximum Gasteiger partial charge on any atom is 0.243 e. The van der Waals surface area contributed by atoms with Crippen molar-refractivity contribution in [1.82, 2.24) is 9.03 Å². The molecule has 2 unspecified atom stereocenters. The maximum absolute atomic E-state index is 15.6. The molecule has 0 saturated carbocycles. The molecule has 2 rings (SSSR count). The highest BCUT2D eigenvalue weighted by atomic mass is 32.2. The van der Waals surface area contributed by atoms with Crippen molar-refractivity contribution < 1.29 is 26.8 Å². The van der Waals surface area contributed by atoms with Crippen LogP contribution in [0.2, 0.25) is 0 Å². The smallest absolute Gasteiger partial charge is 0.243 e. The number of allylic oxidation sites excluding steroid dienone is 1. The summed E-state index contributed by atoms with van der Waals surface area (Å²) in [6, 6.07) is 13.1. The van der Waals surface area contributed by atoms with Gasteiger partial charge in [-0.1, -0.05) is 49.8 Å². The third-order valence-corrected chi connectivity index (χ3v) is 10.1. The van der Waals surface area contributed by atoms with E-state index in [2.05, 4.69) is 11.3 Å². The Morgan fingerprint density at radius 3 is 2.36 bits per heavy atom. The largest absolute Gasteiger partial charge is 0.598 e. The summed E-state index contributed by atoms with van der Waals surface area (Å²) >= 11 is -1.76. The van der Waals surface area contributed by atoms with Crippen molar-refractivity contribution in [1.29, 1.82) is 0 Å². The Bertz CT molecular complexity index is 1160. The molecule has 0 aromatic heterocycles. The first kappa shape index (κ1) is 33.3. The first-order chi connectivity index (χ1) is 18.3. The number of sulfonamides is 1. The highest BCUT2D eigenvalue weighted by Gasteiger charge is 2.54. The Labute approximate surface area is 237 Å². The SMILES string of the molecule is C=CCC[C@@](N[S+]([O-])C(C)(C)C)(c1ccccc1F)C(OCCCC)S(=O)(=O)N(C)Cc1ccc(OC)cc1. The molecule has 39 heavy (non-hydrogen) atoms. The molecule has 3 atom stereocenters. The zero-order chi connectivity index (χ0) is 29.3. The fourth-order valence-electron chi connectivity index (χ4n) is 4.06. The Morgan fingerprint density at radius 2 is 1.82 bits per heavy atom. The van der Waals surface area contributed by atoms with Gasteiger partial charge in [0.25, 0.3) is 0 Å².